The normalized spacial score (nSPS) is 21.9. The average Bonchev–Trinajstić information content (AvgIpc) is 1.50. The Hall–Kier alpha value is -13.6. The van der Waals surface area contributed by atoms with E-state index in [1.807, 2.05) is 25.1 Å². The Balaban J connectivity index is 0.000000137. The first-order valence-corrected chi connectivity index (χ1v) is 42.7. The summed E-state index contributed by atoms with van der Waals surface area (Å²) in [6, 6.07) is 64.5. The molecule has 0 saturated heterocycles. The fourth-order valence-corrected chi connectivity index (χ4v) is 20.2. The number of aryl methyl sites for hydroxylation is 8. The molecule has 0 aliphatic heterocycles. The number of nitrogens with zero attached hydrogens (tertiary/aromatic N) is 4. The molecule has 0 fully saturated rings. The fraction of sp³-hybridized carbons (Fsp3) is 0.258. The maximum atomic E-state index is 8.74. The first-order chi connectivity index (χ1) is 84.3. The third kappa shape index (κ3) is 13.1. The predicted octanol–water partition coefficient (Wildman–Crippen LogP) is 31.3. The number of benzene rings is 12. The van der Waals surface area contributed by atoms with Crippen molar-refractivity contribution in [2.24, 2.45) is 28.2 Å². The van der Waals surface area contributed by atoms with Crippen LogP contribution in [0.15, 0.2) is 285 Å². The van der Waals surface area contributed by atoms with Gasteiger partial charge in [-0.15, -0.1) is 0 Å². The van der Waals surface area contributed by atoms with Gasteiger partial charge in [-0.1, -0.05) is 267 Å². The van der Waals surface area contributed by atoms with Gasteiger partial charge in [0.2, 0.25) is 22.8 Å². The molecule has 4 aliphatic carbocycles. The monoisotopic (exact) mass is 1780 g/mol. The van der Waals surface area contributed by atoms with Crippen LogP contribution in [0.4, 0.5) is 0 Å². The van der Waals surface area contributed by atoms with Crippen molar-refractivity contribution >= 4 is 87.8 Å². The van der Waals surface area contributed by atoms with Gasteiger partial charge >= 0.3 is 0 Å². The summed E-state index contributed by atoms with van der Waals surface area (Å²) in [6.07, 6.45) is 5.98. The van der Waals surface area contributed by atoms with Gasteiger partial charge in [-0.3, -0.25) is 0 Å². The van der Waals surface area contributed by atoms with Crippen LogP contribution in [0.1, 0.15) is 294 Å². The summed E-state index contributed by atoms with van der Waals surface area (Å²) in [6.45, 7) is -41.8. The van der Waals surface area contributed by atoms with Gasteiger partial charge in [0.05, 0.1) is 22.3 Å². The Morgan fingerprint density at radius 3 is 1.01 bits per heavy atom. The van der Waals surface area contributed by atoms with Crippen LogP contribution in [-0.2, 0) is 49.9 Å². The first-order valence-electron chi connectivity index (χ1n) is 68.7. The van der Waals surface area contributed by atoms with Crippen LogP contribution >= 0.6 is 0 Å². The number of hydrogen-bond donors (Lipinski definition) is 0. The highest BCUT2D eigenvalue weighted by atomic mass is 16.3. The molecule has 24 rings (SSSR count). The van der Waals surface area contributed by atoms with Crippen molar-refractivity contribution in [1.29, 1.82) is 0 Å². The van der Waals surface area contributed by atoms with E-state index in [2.05, 4.69) is 0 Å². The van der Waals surface area contributed by atoms with Crippen LogP contribution in [0.2, 0.25) is 0 Å². The lowest BCUT2D eigenvalue weighted by molar-refractivity contribution is -0.660. The smallest absolute Gasteiger partial charge is 0.216 e. The number of furan rings is 4. The van der Waals surface area contributed by atoms with E-state index in [9.17, 15) is 0 Å². The Kier molecular flexibility index (Phi) is 10.6. The molecule has 0 unspecified atom stereocenters. The van der Waals surface area contributed by atoms with Crippen LogP contribution < -0.4 is 18.3 Å². The van der Waals surface area contributed by atoms with Crippen molar-refractivity contribution < 1.29 is 107 Å². The van der Waals surface area contributed by atoms with Crippen LogP contribution in [0.3, 0.4) is 0 Å². The molecule has 132 heavy (non-hydrogen) atoms. The van der Waals surface area contributed by atoms with Gasteiger partial charge in [0.1, 0.15) is 72.9 Å². The number of fused-ring (bicyclic) bond motifs is 26. The van der Waals surface area contributed by atoms with Gasteiger partial charge in [-0.25, -0.2) is 18.3 Å². The molecule has 8 aromatic heterocycles. The molecule has 0 spiro atoms. The van der Waals surface area contributed by atoms with Crippen molar-refractivity contribution in [1.82, 2.24) is 0 Å². The van der Waals surface area contributed by atoms with Crippen molar-refractivity contribution in [3.05, 3.63) is 356 Å². The minimum atomic E-state index is -3.20. The summed E-state index contributed by atoms with van der Waals surface area (Å²) in [5.74, 6) is -11.7. The third-order valence-electron chi connectivity index (χ3n) is 26.8. The second kappa shape index (κ2) is 31.1. The van der Waals surface area contributed by atoms with E-state index in [0.717, 1.165) is 0 Å². The van der Waals surface area contributed by atoms with E-state index in [1.165, 1.54) is 85.5 Å². The largest absolute Gasteiger partial charge is 0.455 e. The summed E-state index contributed by atoms with van der Waals surface area (Å²) in [5, 5.41) is 4.12. The minimum Gasteiger partial charge on any atom is -0.455 e. The van der Waals surface area contributed by atoms with Crippen LogP contribution in [-0.4, -0.2) is 0 Å². The number of hydrogen-bond acceptors (Lipinski definition) is 4. The lowest BCUT2D eigenvalue weighted by atomic mass is 9.80. The van der Waals surface area contributed by atoms with Gasteiger partial charge in [0, 0.05) is 185 Å². The molecule has 0 amide bonds. The van der Waals surface area contributed by atoms with Gasteiger partial charge in [-0.2, -0.15) is 0 Å². The van der Waals surface area contributed by atoms with Gasteiger partial charge < -0.3 is 17.7 Å². The first kappa shape index (κ1) is 45.0. The molecule has 656 valence electrons. The summed E-state index contributed by atoms with van der Waals surface area (Å²) >= 11 is 0. The third-order valence-corrected chi connectivity index (χ3v) is 26.8. The highest BCUT2D eigenvalue weighted by molar-refractivity contribution is 6.19. The number of aromatic nitrogens is 4. The summed E-state index contributed by atoms with van der Waals surface area (Å²) in [4.78, 5) is 0. The topological polar surface area (TPSA) is 68.1 Å². The highest BCUT2D eigenvalue weighted by Crippen LogP contribution is 2.58. The molecule has 0 N–H and O–H groups in total. The summed E-state index contributed by atoms with van der Waals surface area (Å²) in [7, 11) is 6.77. The Morgan fingerprint density at radius 2 is 0.576 bits per heavy atom. The molecule has 4 aliphatic rings. The van der Waals surface area contributed by atoms with Crippen LogP contribution in [0.25, 0.3) is 177 Å². The van der Waals surface area contributed by atoms with E-state index < -0.39 is 155 Å². The highest BCUT2D eigenvalue weighted by Gasteiger charge is 2.43. The van der Waals surface area contributed by atoms with E-state index in [-0.39, 0.29) is 83.5 Å². The number of pyridine rings is 4. The molecule has 8 nitrogen and oxygen atoms in total. The molecule has 8 heteroatoms. The zero-order valence-corrected chi connectivity index (χ0v) is 72.8. The van der Waals surface area contributed by atoms with Crippen LogP contribution in [0, 0.1) is 27.7 Å². The lowest BCUT2D eigenvalue weighted by Gasteiger charge is -2.22. The molecule has 20 aromatic rings. The van der Waals surface area contributed by atoms with Gasteiger partial charge in [0.25, 0.3) is 0 Å². The van der Waals surface area contributed by atoms with Crippen molar-refractivity contribution in [3.63, 3.8) is 0 Å². The molecule has 8 heterocycles. The standard InChI is InChI=1S/4C31H30NO/c1-18(2)20-13-14-32(6)27(15-20)29-19(3)11-12-22-24-16-26-23(17-28(24)33-30(22)29)21-9-7-8-10-25(21)31(26,4)5;1-18(2)20-13-14-32(6)27(15-20)29-19(3)11-12-22-24-16-23-21-9-7-8-10-25(21)31(4,5)26(23)17-28(24)33-30(22)29;1-18(2)20-15-16-32(6)25(17-20)27-19(3)11-12-23-28-26(33-30(23)27)14-13-22-21-9-7-8-10-24(21)31(4,5)29(22)28;1-18(2)20-15-16-32(6)25(17-20)27-19(3)11-12-22-29-26(33-30(22)27)14-13-24-28(29)21-9-7-8-10-23(21)31(24,4)5/h4*7-18H,1-6H3/q4*+1/i4*1D3,2D3,4D3,5D3,18D. The van der Waals surface area contributed by atoms with Gasteiger partial charge in [0.15, 0.2) is 24.8 Å². The van der Waals surface area contributed by atoms with E-state index in [4.69, 9.17) is 88.9 Å². The average molecular weight is 1780 g/mol. The second-order valence-electron chi connectivity index (χ2n) is 34.8. The summed E-state index contributed by atoms with van der Waals surface area (Å²) < 4.78 is 464. The quantitative estimate of drug-likeness (QED) is 0.142. The fourth-order valence-electron chi connectivity index (χ4n) is 20.2. The van der Waals surface area contributed by atoms with E-state index in [1.54, 1.807) is 231 Å². The zero-order chi connectivity index (χ0) is 136. The van der Waals surface area contributed by atoms with E-state index in [0.29, 0.717) is 183 Å². The molecule has 12 aromatic carbocycles. The SMILES string of the molecule is [2H]C([2H])([2H])C([2H])(c1cc[n+](C)c(-c2c(C)ccc3c2oc2cc4c(cc23)-c2ccccc2C4(C([2H])([2H])[2H])C([2H])([2H])[2H])c1)C([2H])([2H])[2H].[2H]C([2H])([2H])C([2H])(c1cc[n+](C)c(-c2c(C)ccc3c2oc2cc4c(cc23)C(C([2H])([2H])[2H])(C([2H])([2H])[2H])c2ccccc2-4)c1)C([2H])([2H])[2H].[2H]C([2H])([2H])C([2H])(c1cc[n+](C)c(-c2c(C)ccc3c2oc2ccc4c(c23)-c2ccccc2C4(C([2H])([2H])[2H])C([2H])([2H])[2H])c1)C([2H])([2H])[2H].[2H]C([2H])([2H])C([2H])(c1cc[n+](C)c(-c2c(C)ccc3c2oc2ccc4c(c23)C(C([2H])([2H])[2H])(C([2H])([2H])[2H])c2ccccc2-4)c1)C([2H])([2H])[2H]. The lowest BCUT2D eigenvalue weighted by Crippen LogP contribution is -2.31. The second-order valence-corrected chi connectivity index (χ2v) is 34.8. The molecule has 0 atom stereocenters. The van der Waals surface area contributed by atoms with E-state index >= 15 is 0 Å². The Morgan fingerprint density at radius 1 is 0.250 bits per heavy atom. The predicted molar refractivity (Wildman–Crippen MR) is 547 cm³/mol. The molecular weight excluding hydrogens is 1610 g/mol. The molecule has 0 saturated carbocycles. The van der Waals surface area contributed by atoms with Crippen molar-refractivity contribution in [3.8, 4) is 89.5 Å². The number of rotatable bonds is 8. The van der Waals surface area contributed by atoms with Gasteiger partial charge in [-0.05, 0) is 221 Å². The minimum absolute atomic E-state index is 0.112. The maximum Gasteiger partial charge on any atom is 0.216 e. The molecular formula is C124H120N4O4+4. The molecule has 0 bridgehead atoms. The van der Waals surface area contributed by atoms with Crippen molar-refractivity contribution in [2.45, 2.75) is 183 Å². The summed E-state index contributed by atoms with van der Waals surface area (Å²) in [5.41, 5.74) is 3.80. The maximum absolute atomic E-state index is 8.74. The Bertz CT molecular complexity index is 10300. The Labute approximate surface area is 849 Å². The van der Waals surface area contributed by atoms with Crippen LogP contribution in [0.5, 0.6) is 0 Å². The zero-order valence-electron chi connectivity index (χ0n) is 125. The molecule has 0 radical (unpaired) electrons. The van der Waals surface area contributed by atoms with Crippen molar-refractivity contribution in [2.75, 3.05) is 0 Å².